The van der Waals surface area contributed by atoms with Crippen molar-refractivity contribution in [3.63, 3.8) is 0 Å². The second kappa shape index (κ2) is 13.9. The Bertz CT molecular complexity index is 1870. The molecule has 2 aliphatic heterocycles. The molecule has 14 heteroatoms. The summed E-state index contributed by atoms with van der Waals surface area (Å²) >= 11 is 6.50. The number of carbonyl (C=O) groups excluding carboxylic acids is 2. The number of alkyl carbamates (subject to hydrolysis) is 1. The van der Waals surface area contributed by atoms with Gasteiger partial charge in [-0.2, -0.15) is 15.2 Å². The number of hydrogen-bond donors (Lipinski definition) is 1. The van der Waals surface area contributed by atoms with Crippen molar-refractivity contribution in [3.05, 3.63) is 64.8 Å². The molecule has 1 saturated carbocycles. The first-order chi connectivity index (χ1) is 23.8. The lowest BCUT2D eigenvalue weighted by atomic mass is 9.77. The number of ether oxygens (including phenoxy) is 2. The molecule has 1 atom stereocenters. The zero-order chi connectivity index (χ0) is 35.8. The van der Waals surface area contributed by atoms with Gasteiger partial charge >= 0.3 is 12.1 Å². The van der Waals surface area contributed by atoms with E-state index in [1.54, 1.807) is 26.8 Å². The fraction of sp³-hybridized carbons (Fsp3) is 0.472. The lowest BCUT2D eigenvalue weighted by Gasteiger charge is -2.43. The van der Waals surface area contributed by atoms with Gasteiger partial charge in [0.05, 0.1) is 41.3 Å². The van der Waals surface area contributed by atoms with Crippen LogP contribution in [-0.2, 0) is 22.5 Å². The summed E-state index contributed by atoms with van der Waals surface area (Å²) in [5, 5.41) is 14.0. The van der Waals surface area contributed by atoms with Gasteiger partial charge in [-0.15, -0.1) is 0 Å². The topological polar surface area (TPSA) is 124 Å². The smallest absolute Gasteiger partial charge is 0.408 e. The van der Waals surface area contributed by atoms with Crippen LogP contribution in [0.3, 0.4) is 0 Å². The van der Waals surface area contributed by atoms with Crippen LogP contribution in [0.1, 0.15) is 57.7 Å². The fourth-order valence-electron chi connectivity index (χ4n) is 6.86. The zero-order valence-corrected chi connectivity index (χ0v) is 29.2. The van der Waals surface area contributed by atoms with Gasteiger partial charge in [0, 0.05) is 42.8 Å². The van der Waals surface area contributed by atoms with Gasteiger partial charge in [0.25, 0.3) is 5.91 Å². The van der Waals surface area contributed by atoms with E-state index in [2.05, 4.69) is 22.9 Å². The first kappa shape index (κ1) is 35.1. The molecule has 3 aromatic rings. The highest BCUT2D eigenvalue weighted by Gasteiger charge is 2.41. The Morgan fingerprint density at radius 1 is 1.16 bits per heavy atom. The molecule has 2 amide bonds. The molecule has 1 aliphatic carbocycles. The summed E-state index contributed by atoms with van der Waals surface area (Å²) in [6.07, 6.45) is 2.30. The number of aromatic nitrogens is 2. The van der Waals surface area contributed by atoms with Crippen LogP contribution in [-0.4, -0.2) is 76.8 Å². The Morgan fingerprint density at radius 2 is 1.94 bits per heavy atom. The second-order valence-corrected chi connectivity index (χ2v) is 14.5. The molecule has 2 aromatic carbocycles. The maximum Gasteiger partial charge on any atom is 0.408 e. The minimum Gasteiger partial charge on any atom is -0.461 e. The number of amides is 2. The van der Waals surface area contributed by atoms with E-state index < -0.39 is 40.8 Å². The van der Waals surface area contributed by atoms with Gasteiger partial charge < -0.3 is 29.5 Å². The predicted octanol–water partition coefficient (Wildman–Crippen LogP) is 6.23. The highest BCUT2D eigenvalue weighted by molar-refractivity contribution is 6.36. The Kier molecular flexibility index (Phi) is 9.77. The number of hydrogen-bond acceptors (Lipinski definition) is 9. The number of carbonyl (C=O) groups is 2. The Morgan fingerprint density at radius 3 is 2.62 bits per heavy atom. The van der Waals surface area contributed by atoms with Gasteiger partial charge in [-0.05, 0) is 64.0 Å². The molecule has 3 aliphatic rings. The van der Waals surface area contributed by atoms with Crippen molar-refractivity contribution >= 4 is 45.9 Å². The fourth-order valence-corrected chi connectivity index (χ4v) is 7.13. The molecule has 1 N–H and O–H groups in total. The lowest BCUT2D eigenvalue weighted by molar-refractivity contribution is -0.131. The van der Waals surface area contributed by atoms with E-state index in [4.69, 9.17) is 31.0 Å². The highest BCUT2D eigenvalue weighted by Crippen LogP contribution is 2.39. The molecule has 3 heterocycles. The van der Waals surface area contributed by atoms with Gasteiger partial charge in [-0.25, -0.2) is 13.6 Å². The summed E-state index contributed by atoms with van der Waals surface area (Å²) in [5.41, 5.74) is 1.03. The van der Waals surface area contributed by atoms with Gasteiger partial charge in [0.2, 0.25) is 0 Å². The molecule has 264 valence electrons. The summed E-state index contributed by atoms with van der Waals surface area (Å²) in [6.45, 7) is 10.3. The van der Waals surface area contributed by atoms with E-state index in [1.165, 1.54) is 11.0 Å². The molecular weight excluding hydrogens is 668 g/mol. The van der Waals surface area contributed by atoms with Gasteiger partial charge in [0.1, 0.15) is 23.8 Å². The Labute approximate surface area is 294 Å². The van der Waals surface area contributed by atoms with E-state index in [1.807, 2.05) is 23.1 Å². The average molecular weight is 708 g/mol. The van der Waals surface area contributed by atoms with Crippen LogP contribution in [0, 0.1) is 17.1 Å². The monoisotopic (exact) mass is 707 g/mol. The van der Waals surface area contributed by atoms with Crippen LogP contribution in [0.5, 0.6) is 6.01 Å². The van der Waals surface area contributed by atoms with Gasteiger partial charge in [0.15, 0.2) is 5.83 Å². The number of piperazine rings is 1. The molecule has 0 bridgehead atoms. The van der Waals surface area contributed by atoms with Crippen molar-refractivity contribution in [2.75, 3.05) is 42.6 Å². The number of benzene rings is 2. The number of nitriles is 1. The zero-order valence-electron chi connectivity index (χ0n) is 28.4. The average Bonchev–Trinajstić information content (AvgIpc) is 3.05. The van der Waals surface area contributed by atoms with E-state index in [0.29, 0.717) is 55.8 Å². The number of anilines is 2. The molecule has 0 radical (unpaired) electrons. The molecule has 1 aromatic heterocycles. The minimum atomic E-state index is -1.07. The standard InChI is InChI=1S/C36H40ClF2N7O4/c1-22(38)32(47)46-18-17-45(19-24(46)11-15-40)31-25-12-16-44(28-8-5-7-23-9-10-26(39)30(37)29(23)28)20-27(25)41-33(42-31)49-21-36(13-6-14-36)43-34(48)50-35(2,3)4/h5,7-10,24H,1,6,11-14,16-21H2,2-4H3,(H,43,48)/t24-/m0/s1. The summed E-state index contributed by atoms with van der Waals surface area (Å²) in [5.74, 6) is -1.81. The first-order valence-electron chi connectivity index (χ1n) is 16.7. The van der Waals surface area contributed by atoms with Crippen molar-refractivity contribution in [1.29, 1.82) is 5.26 Å². The van der Waals surface area contributed by atoms with Crippen molar-refractivity contribution in [1.82, 2.24) is 20.2 Å². The predicted molar refractivity (Wildman–Crippen MR) is 185 cm³/mol. The maximum atomic E-state index is 14.6. The Hall–Kier alpha value is -4.70. The van der Waals surface area contributed by atoms with Crippen molar-refractivity contribution < 1.29 is 27.8 Å². The number of halogens is 3. The van der Waals surface area contributed by atoms with Gasteiger partial charge in [-0.3, -0.25) is 4.79 Å². The summed E-state index contributed by atoms with van der Waals surface area (Å²) in [4.78, 5) is 40.4. The molecular formula is C36H40ClF2N7O4. The SMILES string of the molecule is C=C(F)C(=O)N1CCN(c2nc(OCC3(NC(=O)OC(C)(C)C)CCC3)nc3c2CCN(c2cccc4ccc(F)c(Cl)c24)C3)C[C@@H]1CC#N. The number of rotatable bonds is 8. The summed E-state index contributed by atoms with van der Waals surface area (Å²) in [7, 11) is 0. The number of nitrogens with one attached hydrogen (secondary N) is 1. The van der Waals surface area contributed by atoms with E-state index in [9.17, 15) is 23.6 Å². The van der Waals surface area contributed by atoms with Crippen LogP contribution in [0.2, 0.25) is 5.02 Å². The molecule has 1 saturated heterocycles. The summed E-state index contributed by atoms with van der Waals surface area (Å²) in [6, 6.07) is 10.4. The van der Waals surface area contributed by atoms with E-state index in [-0.39, 0.29) is 37.2 Å². The van der Waals surface area contributed by atoms with Crippen molar-refractivity contribution in [2.24, 2.45) is 0 Å². The van der Waals surface area contributed by atoms with E-state index in [0.717, 1.165) is 23.1 Å². The molecule has 0 spiro atoms. The normalized spacial score (nSPS) is 18.5. The van der Waals surface area contributed by atoms with E-state index >= 15 is 0 Å². The largest absolute Gasteiger partial charge is 0.461 e. The number of fused-ring (bicyclic) bond motifs is 2. The molecule has 50 heavy (non-hydrogen) atoms. The third-order valence-corrected chi connectivity index (χ3v) is 9.80. The lowest BCUT2D eigenvalue weighted by Crippen LogP contribution is -2.58. The third kappa shape index (κ3) is 7.26. The van der Waals surface area contributed by atoms with Crippen molar-refractivity contribution in [2.45, 2.75) is 76.6 Å². The van der Waals surface area contributed by atoms with Crippen LogP contribution in [0.15, 0.2) is 42.7 Å². The van der Waals surface area contributed by atoms with Crippen molar-refractivity contribution in [3.8, 4) is 12.1 Å². The number of nitrogens with zero attached hydrogens (tertiary/aromatic N) is 6. The van der Waals surface area contributed by atoms with Crippen LogP contribution in [0.25, 0.3) is 10.8 Å². The molecule has 11 nitrogen and oxygen atoms in total. The highest BCUT2D eigenvalue weighted by atomic mass is 35.5. The molecule has 0 unspecified atom stereocenters. The molecule has 2 fully saturated rings. The molecule has 6 rings (SSSR count). The quantitative estimate of drug-likeness (QED) is 0.272. The van der Waals surface area contributed by atoms with Crippen LogP contribution < -0.4 is 19.9 Å². The van der Waals surface area contributed by atoms with Crippen LogP contribution in [0.4, 0.5) is 25.1 Å². The third-order valence-electron chi connectivity index (χ3n) is 9.43. The second-order valence-electron chi connectivity index (χ2n) is 14.1. The first-order valence-corrected chi connectivity index (χ1v) is 17.1. The minimum absolute atomic E-state index is 0.00279. The summed E-state index contributed by atoms with van der Waals surface area (Å²) < 4.78 is 40.3. The Balaban J connectivity index is 1.33. The van der Waals surface area contributed by atoms with Crippen LogP contribution >= 0.6 is 11.6 Å². The van der Waals surface area contributed by atoms with Gasteiger partial charge in [-0.1, -0.05) is 36.4 Å². The maximum absolute atomic E-state index is 14.6.